The molecule has 4 nitrogen and oxygen atoms in total. The molecule has 1 fully saturated rings. The third kappa shape index (κ3) is 3.55. The molecule has 1 N–H and O–H groups in total. The topological polar surface area (TPSA) is 41.6 Å². The van der Waals surface area contributed by atoms with E-state index in [1.165, 1.54) is 0 Å². The molecule has 1 heterocycles. The Labute approximate surface area is 114 Å². The van der Waals surface area contributed by atoms with Crippen LogP contribution >= 0.6 is 0 Å². The van der Waals surface area contributed by atoms with Crippen molar-refractivity contribution in [1.82, 2.24) is 10.2 Å². The molecule has 1 aliphatic rings. The summed E-state index contributed by atoms with van der Waals surface area (Å²) in [4.78, 5) is 14.5. The molecule has 0 radical (unpaired) electrons. The Morgan fingerprint density at radius 3 is 3.00 bits per heavy atom. The molecule has 19 heavy (non-hydrogen) atoms. The van der Waals surface area contributed by atoms with E-state index in [4.69, 9.17) is 4.74 Å². The number of ether oxygens (including phenoxy) is 1. The van der Waals surface area contributed by atoms with Gasteiger partial charge < -0.3 is 15.0 Å². The number of benzene rings is 1. The summed E-state index contributed by atoms with van der Waals surface area (Å²) in [6.07, 6.45) is 1.00. The van der Waals surface area contributed by atoms with E-state index in [2.05, 4.69) is 5.32 Å². The average Bonchev–Trinajstić information content (AvgIpc) is 2.44. The lowest BCUT2D eigenvalue weighted by Gasteiger charge is -2.31. The van der Waals surface area contributed by atoms with Gasteiger partial charge in [0.2, 0.25) is 0 Å². The molecule has 0 unspecified atom stereocenters. The van der Waals surface area contributed by atoms with Crippen molar-refractivity contribution in [2.75, 3.05) is 33.3 Å². The second-order valence-corrected chi connectivity index (χ2v) is 4.94. The maximum atomic E-state index is 12.6. The van der Waals surface area contributed by atoms with Crippen molar-refractivity contribution in [2.45, 2.75) is 19.4 Å². The lowest BCUT2D eigenvalue weighted by Crippen LogP contribution is -2.44. The van der Waals surface area contributed by atoms with Crippen molar-refractivity contribution in [3.05, 3.63) is 35.4 Å². The van der Waals surface area contributed by atoms with Gasteiger partial charge in [-0.3, -0.25) is 4.79 Å². The highest BCUT2D eigenvalue weighted by Crippen LogP contribution is 2.15. The monoisotopic (exact) mass is 262 g/mol. The molecule has 0 spiro atoms. The SMILES string of the molecule is CNCCc1ccccc1C(=O)N1CCO[C@@H](C)C1. The summed E-state index contributed by atoms with van der Waals surface area (Å²) in [5, 5.41) is 3.12. The molecule has 1 aliphatic heterocycles. The number of morpholine rings is 1. The van der Waals surface area contributed by atoms with Gasteiger partial charge in [0, 0.05) is 18.7 Å². The second kappa shape index (κ2) is 6.68. The van der Waals surface area contributed by atoms with E-state index in [9.17, 15) is 4.79 Å². The van der Waals surface area contributed by atoms with Gasteiger partial charge in [0.25, 0.3) is 5.91 Å². The number of carbonyl (C=O) groups excluding carboxylic acids is 1. The lowest BCUT2D eigenvalue weighted by atomic mass is 10.0. The van der Waals surface area contributed by atoms with Crippen LogP contribution in [0.3, 0.4) is 0 Å². The number of rotatable bonds is 4. The molecule has 1 atom stereocenters. The Balaban J connectivity index is 2.13. The standard InChI is InChI=1S/C15H22N2O2/c1-12-11-17(9-10-19-12)15(18)14-6-4-3-5-13(14)7-8-16-2/h3-6,12,16H,7-11H2,1-2H3/t12-/m0/s1. The molecule has 0 aliphatic carbocycles. The zero-order chi connectivity index (χ0) is 13.7. The third-order valence-electron chi connectivity index (χ3n) is 3.42. The first-order valence-corrected chi connectivity index (χ1v) is 6.85. The minimum Gasteiger partial charge on any atom is -0.375 e. The number of nitrogens with zero attached hydrogens (tertiary/aromatic N) is 1. The molecule has 1 aromatic rings. The Hall–Kier alpha value is -1.39. The van der Waals surface area contributed by atoms with Crippen LogP contribution in [0.5, 0.6) is 0 Å². The minimum absolute atomic E-state index is 0.127. The second-order valence-electron chi connectivity index (χ2n) is 4.94. The number of carbonyl (C=O) groups is 1. The van der Waals surface area contributed by atoms with Crippen LogP contribution in [0.2, 0.25) is 0 Å². The van der Waals surface area contributed by atoms with Crippen LogP contribution in [0.1, 0.15) is 22.8 Å². The highest BCUT2D eigenvalue weighted by atomic mass is 16.5. The number of hydrogen-bond acceptors (Lipinski definition) is 3. The number of amides is 1. The minimum atomic E-state index is 0.127. The molecule has 2 rings (SSSR count). The summed E-state index contributed by atoms with van der Waals surface area (Å²) in [6.45, 7) is 4.88. The summed E-state index contributed by atoms with van der Waals surface area (Å²) in [6, 6.07) is 7.88. The Morgan fingerprint density at radius 2 is 2.26 bits per heavy atom. The van der Waals surface area contributed by atoms with Crippen LogP contribution in [0.25, 0.3) is 0 Å². The van der Waals surface area contributed by atoms with Crippen molar-refractivity contribution in [1.29, 1.82) is 0 Å². The van der Waals surface area contributed by atoms with Gasteiger partial charge in [-0.1, -0.05) is 18.2 Å². The van der Waals surface area contributed by atoms with Crippen LogP contribution < -0.4 is 5.32 Å². The molecule has 4 heteroatoms. The largest absolute Gasteiger partial charge is 0.375 e. The molecule has 104 valence electrons. The van der Waals surface area contributed by atoms with Gasteiger partial charge >= 0.3 is 0 Å². The fourth-order valence-corrected chi connectivity index (χ4v) is 2.38. The Bertz CT molecular complexity index is 434. The molecular formula is C15H22N2O2. The zero-order valence-electron chi connectivity index (χ0n) is 11.7. The quantitative estimate of drug-likeness (QED) is 0.889. The first-order chi connectivity index (χ1) is 9.22. The van der Waals surface area contributed by atoms with Crippen molar-refractivity contribution in [3.63, 3.8) is 0 Å². The first kappa shape index (κ1) is 14.0. The van der Waals surface area contributed by atoms with Crippen LogP contribution in [0.4, 0.5) is 0 Å². The fourth-order valence-electron chi connectivity index (χ4n) is 2.38. The number of likely N-dealkylation sites (N-methyl/N-ethyl adjacent to an activating group) is 1. The van der Waals surface area contributed by atoms with Gasteiger partial charge in [0.15, 0.2) is 0 Å². The molecule has 0 bridgehead atoms. The smallest absolute Gasteiger partial charge is 0.254 e. The molecular weight excluding hydrogens is 240 g/mol. The van der Waals surface area contributed by atoms with Crippen LogP contribution in [0, 0.1) is 0 Å². The molecule has 0 aromatic heterocycles. The zero-order valence-corrected chi connectivity index (χ0v) is 11.7. The van der Waals surface area contributed by atoms with E-state index in [1.54, 1.807) is 0 Å². The van der Waals surface area contributed by atoms with Crippen molar-refractivity contribution >= 4 is 5.91 Å². The van der Waals surface area contributed by atoms with Crippen molar-refractivity contribution in [3.8, 4) is 0 Å². The van der Waals surface area contributed by atoms with Crippen molar-refractivity contribution in [2.24, 2.45) is 0 Å². The number of hydrogen-bond donors (Lipinski definition) is 1. The summed E-state index contributed by atoms with van der Waals surface area (Å²) in [7, 11) is 1.92. The first-order valence-electron chi connectivity index (χ1n) is 6.85. The van der Waals surface area contributed by atoms with E-state index >= 15 is 0 Å². The molecule has 1 amide bonds. The molecule has 0 saturated carbocycles. The predicted octanol–water partition coefficient (Wildman–Crippen LogP) is 1.31. The summed E-state index contributed by atoms with van der Waals surface area (Å²) in [5.74, 6) is 0.127. The van der Waals surface area contributed by atoms with Gasteiger partial charge in [-0.2, -0.15) is 0 Å². The summed E-state index contributed by atoms with van der Waals surface area (Å²) >= 11 is 0. The van der Waals surface area contributed by atoms with Crippen LogP contribution in [-0.2, 0) is 11.2 Å². The Morgan fingerprint density at radius 1 is 1.47 bits per heavy atom. The fraction of sp³-hybridized carbons (Fsp3) is 0.533. The number of nitrogens with one attached hydrogen (secondary N) is 1. The third-order valence-corrected chi connectivity index (χ3v) is 3.42. The van der Waals surface area contributed by atoms with Gasteiger partial charge in [0.1, 0.15) is 0 Å². The van der Waals surface area contributed by atoms with Crippen LogP contribution in [0.15, 0.2) is 24.3 Å². The molecule has 1 saturated heterocycles. The van der Waals surface area contributed by atoms with E-state index in [0.29, 0.717) is 19.7 Å². The van der Waals surface area contributed by atoms with Gasteiger partial charge in [-0.05, 0) is 38.6 Å². The predicted molar refractivity (Wildman–Crippen MR) is 75.4 cm³/mol. The van der Waals surface area contributed by atoms with E-state index in [1.807, 2.05) is 43.1 Å². The van der Waals surface area contributed by atoms with E-state index in [-0.39, 0.29) is 12.0 Å². The van der Waals surface area contributed by atoms with E-state index in [0.717, 1.165) is 24.1 Å². The van der Waals surface area contributed by atoms with Gasteiger partial charge in [-0.15, -0.1) is 0 Å². The normalized spacial score (nSPS) is 19.5. The maximum absolute atomic E-state index is 12.6. The van der Waals surface area contributed by atoms with E-state index < -0.39 is 0 Å². The maximum Gasteiger partial charge on any atom is 0.254 e. The Kier molecular flexibility index (Phi) is 4.93. The highest BCUT2D eigenvalue weighted by Gasteiger charge is 2.23. The van der Waals surface area contributed by atoms with Gasteiger partial charge in [-0.25, -0.2) is 0 Å². The van der Waals surface area contributed by atoms with Crippen LogP contribution in [-0.4, -0.2) is 50.2 Å². The average molecular weight is 262 g/mol. The van der Waals surface area contributed by atoms with Crippen molar-refractivity contribution < 1.29 is 9.53 Å². The lowest BCUT2D eigenvalue weighted by molar-refractivity contribution is -0.0124. The summed E-state index contributed by atoms with van der Waals surface area (Å²) in [5.41, 5.74) is 1.94. The van der Waals surface area contributed by atoms with Gasteiger partial charge in [0.05, 0.1) is 12.7 Å². The molecule has 1 aromatic carbocycles. The summed E-state index contributed by atoms with van der Waals surface area (Å²) < 4.78 is 5.49. The highest BCUT2D eigenvalue weighted by molar-refractivity contribution is 5.95.